The predicted molar refractivity (Wildman–Crippen MR) is 44.9 cm³/mol. The van der Waals surface area contributed by atoms with Crippen molar-refractivity contribution in [2.75, 3.05) is 7.05 Å². The first kappa shape index (κ1) is 6.46. The molecule has 0 saturated carbocycles. The summed E-state index contributed by atoms with van der Waals surface area (Å²) in [7, 11) is 1.95. The van der Waals surface area contributed by atoms with Gasteiger partial charge in [0, 0.05) is 24.9 Å². The highest BCUT2D eigenvalue weighted by Gasteiger charge is 2.29. The second-order valence-electron chi connectivity index (χ2n) is 2.91. The molecule has 1 heterocycles. The van der Waals surface area contributed by atoms with Crippen molar-refractivity contribution in [1.29, 1.82) is 0 Å². The molecule has 2 rings (SSSR count). The summed E-state index contributed by atoms with van der Waals surface area (Å²) in [5, 5.41) is 6.07. The summed E-state index contributed by atoms with van der Waals surface area (Å²) in [5.74, 6) is 0.380. The second kappa shape index (κ2) is 2.12. The molecule has 0 aromatic heterocycles. The molecule has 0 spiro atoms. The third-order valence-corrected chi connectivity index (χ3v) is 2.15. The normalized spacial score (nSPS) is 33.9. The van der Waals surface area contributed by atoms with E-state index in [-0.39, 0.29) is 6.04 Å². The zero-order valence-electron chi connectivity index (χ0n) is 6.44. The molecule has 0 saturated heterocycles. The molecule has 2 unspecified atom stereocenters. The number of nitrogens with two attached hydrogens (primary N) is 1. The number of fused-ring (bicyclic) bond motifs is 1. The standard InChI is InChI=1S/C8H11N3/c1-11-8-6(5-10-11)3-2-4-7(8)9/h2-6,8H,9H2,1H3. The van der Waals surface area contributed by atoms with Gasteiger partial charge in [-0.05, 0) is 6.08 Å². The number of hydrazone groups is 1. The fourth-order valence-electron chi connectivity index (χ4n) is 1.57. The first-order valence-corrected chi connectivity index (χ1v) is 3.70. The van der Waals surface area contributed by atoms with E-state index in [0.717, 1.165) is 5.70 Å². The number of rotatable bonds is 0. The molecule has 2 atom stereocenters. The fraction of sp³-hybridized carbons (Fsp3) is 0.375. The Hall–Kier alpha value is -1.25. The van der Waals surface area contributed by atoms with Crippen molar-refractivity contribution < 1.29 is 0 Å². The lowest BCUT2D eigenvalue weighted by Gasteiger charge is -2.24. The average molecular weight is 149 g/mol. The third-order valence-electron chi connectivity index (χ3n) is 2.15. The highest BCUT2D eigenvalue weighted by atomic mass is 15.5. The van der Waals surface area contributed by atoms with Crippen molar-refractivity contribution in [3.8, 4) is 0 Å². The molecular formula is C8H11N3. The zero-order valence-corrected chi connectivity index (χ0v) is 6.44. The molecule has 1 aliphatic heterocycles. The molecule has 2 N–H and O–H groups in total. The predicted octanol–water partition coefficient (Wildman–Crippen LogP) is 0.315. The molecule has 11 heavy (non-hydrogen) atoms. The minimum atomic E-state index is 0.264. The van der Waals surface area contributed by atoms with Crippen LogP contribution in [0.3, 0.4) is 0 Å². The summed E-state index contributed by atoms with van der Waals surface area (Å²) in [6.45, 7) is 0. The molecule has 3 nitrogen and oxygen atoms in total. The molecule has 0 fully saturated rings. The van der Waals surface area contributed by atoms with E-state index in [2.05, 4.69) is 11.2 Å². The largest absolute Gasteiger partial charge is 0.400 e. The van der Waals surface area contributed by atoms with Crippen LogP contribution in [-0.2, 0) is 0 Å². The van der Waals surface area contributed by atoms with Gasteiger partial charge in [0.05, 0.1) is 6.04 Å². The molecular weight excluding hydrogens is 138 g/mol. The summed E-state index contributed by atoms with van der Waals surface area (Å²) in [5.41, 5.74) is 6.70. The van der Waals surface area contributed by atoms with Gasteiger partial charge in [0.1, 0.15) is 0 Å². The van der Waals surface area contributed by atoms with Crippen LogP contribution < -0.4 is 5.73 Å². The molecule has 0 amide bonds. The highest BCUT2D eigenvalue weighted by molar-refractivity contribution is 5.68. The van der Waals surface area contributed by atoms with Crippen LogP contribution in [0.5, 0.6) is 0 Å². The van der Waals surface area contributed by atoms with Crippen LogP contribution in [-0.4, -0.2) is 24.3 Å². The minimum Gasteiger partial charge on any atom is -0.400 e. The summed E-state index contributed by atoms with van der Waals surface area (Å²) >= 11 is 0. The molecule has 3 heteroatoms. The number of likely N-dealkylation sites (N-methyl/N-ethyl adjacent to an activating group) is 1. The second-order valence-corrected chi connectivity index (χ2v) is 2.91. The van der Waals surface area contributed by atoms with E-state index in [1.165, 1.54) is 0 Å². The molecule has 2 aliphatic rings. The van der Waals surface area contributed by atoms with Gasteiger partial charge in [0.2, 0.25) is 0 Å². The van der Waals surface area contributed by atoms with Crippen molar-refractivity contribution in [3.63, 3.8) is 0 Å². The first-order chi connectivity index (χ1) is 5.29. The highest BCUT2D eigenvalue weighted by Crippen LogP contribution is 2.24. The monoisotopic (exact) mass is 149 g/mol. The van der Waals surface area contributed by atoms with Gasteiger partial charge in [-0.1, -0.05) is 12.2 Å². The Kier molecular flexibility index (Phi) is 1.24. The van der Waals surface area contributed by atoms with Crippen LogP contribution in [0.15, 0.2) is 29.0 Å². The summed E-state index contributed by atoms with van der Waals surface area (Å²) in [4.78, 5) is 0. The smallest absolute Gasteiger partial charge is 0.0972 e. The van der Waals surface area contributed by atoms with E-state index < -0.39 is 0 Å². The van der Waals surface area contributed by atoms with Crippen molar-refractivity contribution in [1.82, 2.24) is 5.01 Å². The Morgan fingerprint density at radius 1 is 1.64 bits per heavy atom. The van der Waals surface area contributed by atoms with Crippen LogP contribution in [0.25, 0.3) is 0 Å². The lowest BCUT2D eigenvalue weighted by molar-refractivity contribution is 0.293. The fourth-order valence-corrected chi connectivity index (χ4v) is 1.57. The summed E-state index contributed by atoms with van der Waals surface area (Å²) in [6, 6.07) is 0.264. The molecule has 0 radical (unpaired) electrons. The van der Waals surface area contributed by atoms with E-state index in [4.69, 9.17) is 5.73 Å². The Morgan fingerprint density at radius 2 is 2.45 bits per heavy atom. The van der Waals surface area contributed by atoms with Crippen molar-refractivity contribution in [2.24, 2.45) is 16.8 Å². The quantitative estimate of drug-likeness (QED) is 0.538. The number of hydrogen-bond acceptors (Lipinski definition) is 3. The van der Waals surface area contributed by atoms with E-state index in [9.17, 15) is 0 Å². The van der Waals surface area contributed by atoms with Crippen molar-refractivity contribution in [2.45, 2.75) is 6.04 Å². The van der Waals surface area contributed by atoms with E-state index >= 15 is 0 Å². The van der Waals surface area contributed by atoms with Crippen LogP contribution in [0.2, 0.25) is 0 Å². The number of hydrogen-bond donors (Lipinski definition) is 1. The van der Waals surface area contributed by atoms with Gasteiger partial charge in [-0.25, -0.2) is 0 Å². The van der Waals surface area contributed by atoms with E-state index in [1.807, 2.05) is 30.4 Å². The SMILES string of the molecule is CN1N=CC2C=CC=C(N)C21. The summed E-state index contributed by atoms with van der Waals surface area (Å²) < 4.78 is 0. The maximum Gasteiger partial charge on any atom is 0.0972 e. The van der Waals surface area contributed by atoms with Crippen molar-refractivity contribution >= 4 is 6.21 Å². The van der Waals surface area contributed by atoms with Crippen LogP contribution >= 0.6 is 0 Å². The Balaban J connectivity index is 2.31. The molecule has 0 bridgehead atoms. The summed E-state index contributed by atoms with van der Waals surface area (Å²) in [6.07, 6.45) is 7.98. The average Bonchev–Trinajstić information content (AvgIpc) is 2.34. The van der Waals surface area contributed by atoms with Gasteiger partial charge >= 0.3 is 0 Å². The maximum atomic E-state index is 5.80. The topological polar surface area (TPSA) is 41.6 Å². The van der Waals surface area contributed by atoms with Crippen LogP contribution in [0, 0.1) is 5.92 Å². The van der Waals surface area contributed by atoms with Gasteiger partial charge in [-0.3, -0.25) is 5.01 Å². The molecule has 58 valence electrons. The van der Waals surface area contributed by atoms with Gasteiger partial charge in [-0.2, -0.15) is 5.10 Å². The Morgan fingerprint density at radius 3 is 3.18 bits per heavy atom. The van der Waals surface area contributed by atoms with E-state index in [1.54, 1.807) is 0 Å². The van der Waals surface area contributed by atoms with Gasteiger partial charge in [0.25, 0.3) is 0 Å². The molecule has 0 aromatic carbocycles. The van der Waals surface area contributed by atoms with Crippen LogP contribution in [0.1, 0.15) is 0 Å². The molecule has 1 aliphatic carbocycles. The van der Waals surface area contributed by atoms with Crippen molar-refractivity contribution in [3.05, 3.63) is 23.9 Å². The molecule has 0 aromatic rings. The lowest BCUT2D eigenvalue weighted by Crippen LogP contribution is -2.35. The maximum absolute atomic E-state index is 5.80. The lowest BCUT2D eigenvalue weighted by atomic mass is 9.95. The Bertz CT molecular complexity index is 252. The van der Waals surface area contributed by atoms with Gasteiger partial charge < -0.3 is 5.73 Å². The van der Waals surface area contributed by atoms with Gasteiger partial charge in [-0.15, -0.1) is 0 Å². The first-order valence-electron chi connectivity index (χ1n) is 3.70. The minimum absolute atomic E-state index is 0.264. The third kappa shape index (κ3) is 0.843. The number of nitrogens with zero attached hydrogens (tertiary/aromatic N) is 2. The van der Waals surface area contributed by atoms with Gasteiger partial charge in [0.15, 0.2) is 0 Å². The van der Waals surface area contributed by atoms with E-state index in [0.29, 0.717) is 5.92 Å². The Labute approximate surface area is 65.9 Å². The van der Waals surface area contributed by atoms with Crippen LogP contribution in [0.4, 0.5) is 0 Å². The number of allylic oxidation sites excluding steroid dienone is 2. The zero-order chi connectivity index (χ0) is 7.84.